The van der Waals surface area contributed by atoms with Crippen LogP contribution in [-0.2, 0) is 14.8 Å². The quantitative estimate of drug-likeness (QED) is 0.908. The lowest BCUT2D eigenvalue weighted by Crippen LogP contribution is -2.43. The molecule has 3 unspecified atom stereocenters. The smallest absolute Gasteiger partial charge is 0.240 e. The standard InChI is InChI=1S/C18H26N2O3S/c1-13-5-3-6-17(14(13)2)19-24(22,23)16-10-8-15(9-11-16)20-12-4-7-18(20)21/h8-11,13-14,17,19H,3-7,12H2,1-2H3. The van der Waals surface area contributed by atoms with Gasteiger partial charge in [0.05, 0.1) is 4.90 Å². The molecular weight excluding hydrogens is 324 g/mol. The Labute approximate surface area is 144 Å². The first kappa shape index (κ1) is 17.4. The zero-order valence-corrected chi connectivity index (χ0v) is 15.2. The highest BCUT2D eigenvalue weighted by molar-refractivity contribution is 7.89. The van der Waals surface area contributed by atoms with Crippen molar-refractivity contribution in [1.82, 2.24) is 4.72 Å². The summed E-state index contributed by atoms with van der Waals surface area (Å²) in [5.41, 5.74) is 0.774. The Morgan fingerprint density at radius 2 is 1.79 bits per heavy atom. The molecule has 2 fully saturated rings. The van der Waals surface area contributed by atoms with Crippen molar-refractivity contribution in [2.75, 3.05) is 11.4 Å². The van der Waals surface area contributed by atoms with Crippen LogP contribution in [0, 0.1) is 11.8 Å². The average Bonchev–Trinajstić information content (AvgIpc) is 2.98. The SMILES string of the molecule is CC1CCCC(NS(=O)(=O)c2ccc(N3CCCC3=O)cc2)C1C. The molecule has 1 saturated heterocycles. The Morgan fingerprint density at radius 3 is 2.42 bits per heavy atom. The average molecular weight is 350 g/mol. The first-order valence-corrected chi connectivity index (χ1v) is 10.3. The summed E-state index contributed by atoms with van der Waals surface area (Å²) in [6.45, 7) is 5.02. The molecule has 1 aromatic carbocycles. The summed E-state index contributed by atoms with van der Waals surface area (Å²) in [5, 5.41) is 0. The summed E-state index contributed by atoms with van der Waals surface area (Å²) < 4.78 is 28.2. The van der Waals surface area contributed by atoms with E-state index in [1.165, 1.54) is 0 Å². The van der Waals surface area contributed by atoms with Crippen molar-refractivity contribution in [3.8, 4) is 0 Å². The van der Waals surface area contributed by atoms with Gasteiger partial charge in [-0.3, -0.25) is 4.79 Å². The third-order valence-corrected chi connectivity index (χ3v) is 7.05. The summed E-state index contributed by atoms with van der Waals surface area (Å²) in [6.07, 6.45) is 4.55. The Bertz CT molecular complexity index is 699. The molecule has 0 aromatic heterocycles. The summed E-state index contributed by atoms with van der Waals surface area (Å²) >= 11 is 0. The molecule has 1 aliphatic carbocycles. The van der Waals surface area contributed by atoms with E-state index >= 15 is 0 Å². The van der Waals surface area contributed by atoms with E-state index in [9.17, 15) is 13.2 Å². The molecule has 0 spiro atoms. The van der Waals surface area contributed by atoms with E-state index in [-0.39, 0.29) is 16.8 Å². The molecular formula is C18H26N2O3S. The molecule has 132 valence electrons. The molecule has 1 amide bonds. The van der Waals surface area contributed by atoms with E-state index in [1.54, 1.807) is 29.2 Å². The maximum atomic E-state index is 12.7. The third kappa shape index (κ3) is 3.49. The van der Waals surface area contributed by atoms with Gasteiger partial charge in [-0.2, -0.15) is 0 Å². The molecule has 24 heavy (non-hydrogen) atoms. The normalized spacial score (nSPS) is 28.3. The minimum atomic E-state index is -3.52. The van der Waals surface area contributed by atoms with Crippen LogP contribution in [0.2, 0.25) is 0 Å². The number of rotatable bonds is 4. The topological polar surface area (TPSA) is 66.5 Å². The van der Waals surface area contributed by atoms with Gasteiger partial charge in [-0.1, -0.05) is 26.7 Å². The number of carbonyl (C=O) groups is 1. The van der Waals surface area contributed by atoms with Gasteiger partial charge >= 0.3 is 0 Å². The van der Waals surface area contributed by atoms with Crippen molar-refractivity contribution in [1.29, 1.82) is 0 Å². The Morgan fingerprint density at radius 1 is 1.08 bits per heavy atom. The fourth-order valence-electron chi connectivity index (χ4n) is 3.74. The molecule has 1 heterocycles. The summed E-state index contributed by atoms with van der Waals surface area (Å²) in [5.74, 6) is 0.985. The van der Waals surface area contributed by atoms with Crippen LogP contribution in [0.15, 0.2) is 29.2 Å². The first-order valence-electron chi connectivity index (χ1n) is 8.81. The predicted molar refractivity (Wildman–Crippen MR) is 94.3 cm³/mol. The molecule has 1 aromatic rings. The number of carbonyl (C=O) groups excluding carboxylic acids is 1. The van der Waals surface area contributed by atoms with Crippen LogP contribution >= 0.6 is 0 Å². The maximum absolute atomic E-state index is 12.7. The minimum absolute atomic E-state index is 0.00131. The number of hydrogen-bond acceptors (Lipinski definition) is 3. The number of sulfonamides is 1. The molecule has 6 heteroatoms. The lowest BCUT2D eigenvalue weighted by Gasteiger charge is -2.34. The largest absolute Gasteiger partial charge is 0.312 e. The second-order valence-corrected chi connectivity index (χ2v) is 8.85. The molecule has 1 aliphatic heterocycles. The number of amides is 1. The van der Waals surface area contributed by atoms with Gasteiger partial charge in [-0.15, -0.1) is 0 Å². The fraction of sp³-hybridized carbons (Fsp3) is 0.611. The number of hydrogen-bond donors (Lipinski definition) is 1. The van der Waals surface area contributed by atoms with Gasteiger partial charge in [0.2, 0.25) is 15.9 Å². The molecule has 1 N–H and O–H groups in total. The van der Waals surface area contributed by atoms with Crippen LogP contribution < -0.4 is 9.62 Å². The van der Waals surface area contributed by atoms with Crippen LogP contribution in [0.3, 0.4) is 0 Å². The maximum Gasteiger partial charge on any atom is 0.240 e. The number of nitrogens with zero attached hydrogens (tertiary/aromatic N) is 1. The van der Waals surface area contributed by atoms with E-state index in [1.807, 2.05) is 0 Å². The first-order chi connectivity index (χ1) is 11.4. The summed E-state index contributed by atoms with van der Waals surface area (Å²) in [4.78, 5) is 13.8. The van der Waals surface area contributed by atoms with Crippen LogP contribution in [0.4, 0.5) is 5.69 Å². The third-order valence-electron chi connectivity index (χ3n) is 5.55. The van der Waals surface area contributed by atoms with E-state index in [4.69, 9.17) is 0 Å². The highest BCUT2D eigenvalue weighted by atomic mass is 32.2. The molecule has 1 saturated carbocycles. The van der Waals surface area contributed by atoms with Gasteiger partial charge in [0.25, 0.3) is 0 Å². The van der Waals surface area contributed by atoms with Crippen molar-refractivity contribution < 1.29 is 13.2 Å². The zero-order valence-electron chi connectivity index (χ0n) is 14.4. The van der Waals surface area contributed by atoms with Crippen molar-refractivity contribution in [2.24, 2.45) is 11.8 Å². The second-order valence-electron chi connectivity index (χ2n) is 7.14. The lowest BCUT2D eigenvalue weighted by molar-refractivity contribution is -0.117. The van der Waals surface area contributed by atoms with Gasteiger partial charge in [-0.05, 0) is 48.9 Å². The number of nitrogens with one attached hydrogen (secondary N) is 1. The van der Waals surface area contributed by atoms with Crippen LogP contribution in [-0.4, -0.2) is 26.9 Å². The highest BCUT2D eigenvalue weighted by Gasteiger charge is 2.31. The molecule has 5 nitrogen and oxygen atoms in total. The van der Waals surface area contributed by atoms with Gasteiger partial charge < -0.3 is 4.90 Å². The zero-order chi connectivity index (χ0) is 17.3. The van der Waals surface area contributed by atoms with E-state index in [0.29, 0.717) is 24.8 Å². The van der Waals surface area contributed by atoms with E-state index in [2.05, 4.69) is 18.6 Å². The summed E-state index contributed by atoms with van der Waals surface area (Å²) in [6, 6.07) is 6.65. The monoisotopic (exact) mass is 350 g/mol. The van der Waals surface area contributed by atoms with Gasteiger partial charge in [0.15, 0.2) is 0 Å². The van der Waals surface area contributed by atoms with Gasteiger partial charge in [-0.25, -0.2) is 13.1 Å². The minimum Gasteiger partial charge on any atom is -0.312 e. The number of anilines is 1. The lowest BCUT2D eigenvalue weighted by atomic mass is 9.78. The molecule has 2 aliphatic rings. The molecule has 3 rings (SSSR count). The Kier molecular flexibility index (Phi) is 4.97. The Balaban J connectivity index is 1.74. The van der Waals surface area contributed by atoms with Crippen molar-refractivity contribution in [3.63, 3.8) is 0 Å². The van der Waals surface area contributed by atoms with Crippen LogP contribution in [0.5, 0.6) is 0 Å². The van der Waals surface area contributed by atoms with Crippen molar-refractivity contribution >= 4 is 21.6 Å². The van der Waals surface area contributed by atoms with Crippen LogP contribution in [0.1, 0.15) is 46.0 Å². The second kappa shape index (κ2) is 6.84. The molecule has 3 atom stereocenters. The highest BCUT2D eigenvalue weighted by Crippen LogP contribution is 2.30. The van der Waals surface area contributed by atoms with E-state index < -0.39 is 10.0 Å². The van der Waals surface area contributed by atoms with Gasteiger partial charge in [0, 0.05) is 24.7 Å². The predicted octanol–water partition coefficient (Wildman–Crippen LogP) is 2.92. The Hall–Kier alpha value is -1.40. The fourth-order valence-corrected chi connectivity index (χ4v) is 5.10. The molecule has 0 bridgehead atoms. The van der Waals surface area contributed by atoms with Gasteiger partial charge in [0.1, 0.15) is 0 Å². The van der Waals surface area contributed by atoms with Crippen molar-refractivity contribution in [3.05, 3.63) is 24.3 Å². The van der Waals surface area contributed by atoms with Crippen LogP contribution in [0.25, 0.3) is 0 Å². The number of benzene rings is 1. The van der Waals surface area contributed by atoms with E-state index in [0.717, 1.165) is 31.4 Å². The van der Waals surface area contributed by atoms with Crippen molar-refractivity contribution in [2.45, 2.75) is 56.9 Å². The summed E-state index contributed by atoms with van der Waals surface area (Å²) in [7, 11) is -3.52. The molecule has 0 radical (unpaired) electrons.